The minimum Gasteiger partial charge on any atom is -0.355 e. The largest absolute Gasteiger partial charge is 0.355 e. The fraction of sp³-hybridized carbons (Fsp3) is 0.571. The fourth-order valence-electron chi connectivity index (χ4n) is 3.99. The molecule has 2 aliphatic heterocycles. The Kier molecular flexibility index (Phi) is 5.82. The molecule has 2 fully saturated rings. The Morgan fingerprint density at radius 2 is 1.44 bits per heavy atom. The monoisotopic (exact) mass is 366 g/mol. The first-order valence-corrected chi connectivity index (χ1v) is 10.3. The molecule has 0 aliphatic carbocycles. The van der Waals surface area contributed by atoms with Gasteiger partial charge in [0, 0.05) is 63.6 Å². The van der Waals surface area contributed by atoms with Gasteiger partial charge in [-0.15, -0.1) is 10.2 Å². The maximum Gasteiger partial charge on any atom is 0.151 e. The van der Waals surface area contributed by atoms with Gasteiger partial charge in [0.25, 0.3) is 0 Å². The normalized spacial score (nSPS) is 18.7. The lowest BCUT2D eigenvalue weighted by Crippen LogP contribution is -2.47. The number of nitrogens with zero attached hydrogens (tertiary/aromatic N) is 6. The van der Waals surface area contributed by atoms with Gasteiger partial charge in [-0.3, -0.25) is 9.88 Å². The summed E-state index contributed by atoms with van der Waals surface area (Å²) in [7, 11) is 0. The molecule has 6 heteroatoms. The summed E-state index contributed by atoms with van der Waals surface area (Å²) in [4.78, 5) is 11.8. The Balaban J connectivity index is 1.26. The molecule has 0 amide bonds. The van der Waals surface area contributed by atoms with Crippen LogP contribution in [0.2, 0.25) is 0 Å². The molecule has 6 nitrogen and oxygen atoms in total. The van der Waals surface area contributed by atoms with Crippen LogP contribution in [-0.2, 0) is 6.42 Å². The molecule has 0 N–H and O–H groups in total. The van der Waals surface area contributed by atoms with E-state index in [1.165, 1.54) is 25.0 Å². The molecule has 144 valence electrons. The van der Waals surface area contributed by atoms with Gasteiger partial charge in [0.05, 0.1) is 0 Å². The summed E-state index contributed by atoms with van der Waals surface area (Å²) in [5.41, 5.74) is 2.29. The number of piperazine rings is 1. The van der Waals surface area contributed by atoms with Crippen molar-refractivity contribution in [3.8, 4) is 0 Å². The van der Waals surface area contributed by atoms with Gasteiger partial charge in [-0.25, -0.2) is 0 Å². The second kappa shape index (κ2) is 8.65. The van der Waals surface area contributed by atoms with E-state index >= 15 is 0 Å². The van der Waals surface area contributed by atoms with Gasteiger partial charge in [0.15, 0.2) is 11.6 Å². The van der Waals surface area contributed by atoms with Crippen LogP contribution in [0.15, 0.2) is 30.3 Å². The summed E-state index contributed by atoms with van der Waals surface area (Å²) in [5.74, 6) is 2.04. The van der Waals surface area contributed by atoms with E-state index in [2.05, 4.69) is 67.1 Å². The van der Waals surface area contributed by atoms with Crippen LogP contribution in [0, 0.1) is 6.92 Å². The first-order valence-electron chi connectivity index (χ1n) is 10.3. The standard InChI is InChI=1S/C21H30N6/c1-18-6-5-7-19(22-18)10-13-25-14-16-27(17-15-25)21-9-8-20(23-24-21)26-11-3-2-4-12-26/h5-9H,2-4,10-17H2,1H3. The summed E-state index contributed by atoms with van der Waals surface area (Å²) in [6, 6.07) is 10.6. The van der Waals surface area contributed by atoms with E-state index in [4.69, 9.17) is 0 Å². The van der Waals surface area contributed by atoms with Crippen LogP contribution in [0.4, 0.5) is 11.6 Å². The smallest absolute Gasteiger partial charge is 0.151 e. The predicted molar refractivity (Wildman–Crippen MR) is 109 cm³/mol. The van der Waals surface area contributed by atoms with Gasteiger partial charge in [-0.2, -0.15) is 0 Å². The van der Waals surface area contributed by atoms with Gasteiger partial charge >= 0.3 is 0 Å². The molecule has 0 atom stereocenters. The highest BCUT2D eigenvalue weighted by molar-refractivity contribution is 5.45. The summed E-state index contributed by atoms with van der Waals surface area (Å²) in [6.07, 6.45) is 4.89. The Hall–Kier alpha value is -2.21. The maximum absolute atomic E-state index is 4.61. The molecule has 0 unspecified atom stereocenters. The van der Waals surface area contributed by atoms with Gasteiger partial charge < -0.3 is 9.80 Å². The molecule has 27 heavy (non-hydrogen) atoms. The van der Waals surface area contributed by atoms with E-state index < -0.39 is 0 Å². The molecule has 2 aromatic heterocycles. The Morgan fingerprint density at radius 3 is 2.07 bits per heavy atom. The number of piperidine rings is 1. The average molecular weight is 367 g/mol. The van der Waals surface area contributed by atoms with Crippen LogP contribution < -0.4 is 9.80 Å². The van der Waals surface area contributed by atoms with Crippen molar-refractivity contribution in [2.75, 3.05) is 55.6 Å². The van der Waals surface area contributed by atoms with Crippen molar-refractivity contribution in [2.24, 2.45) is 0 Å². The molecule has 2 aliphatic rings. The van der Waals surface area contributed by atoms with Gasteiger partial charge in [0.2, 0.25) is 0 Å². The zero-order chi connectivity index (χ0) is 18.5. The molecule has 2 aromatic rings. The van der Waals surface area contributed by atoms with Crippen LogP contribution >= 0.6 is 0 Å². The third-order valence-electron chi connectivity index (χ3n) is 5.64. The van der Waals surface area contributed by atoms with Crippen molar-refractivity contribution in [3.63, 3.8) is 0 Å². The molecule has 0 saturated carbocycles. The first kappa shape index (κ1) is 18.2. The van der Waals surface area contributed by atoms with Crippen LogP contribution in [0.1, 0.15) is 30.7 Å². The fourth-order valence-corrected chi connectivity index (χ4v) is 3.99. The van der Waals surface area contributed by atoms with Crippen molar-refractivity contribution < 1.29 is 0 Å². The number of pyridine rings is 1. The van der Waals surface area contributed by atoms with E-state index in [0.717, 1.165) is 69.6 Å². The minimum absolute atomic E-state index is 1.01. The second-order valence-electron chi connectivity index (χ2n) is 7.65. The first-order chi connectivity index (χ1) is 13.3. The van der Waals surface area contributed by atoms with Crippen LogP contribution in [-0.4, -0.2) is 65.9 Å². The number of aryl methyl sites for hydroxylation is 1. The highest BCUT2D eigenvalue weighted by atomic mass is 15.3. The van der Waals surface area contributed by atoms with E-state index in [1.54, 1.807) is 0 Å². The third kappa shape index (κ3) is 4.75. The van der Waals surface area contributed by atoms with E-state index in [0.29, 0.717) is 0 Å². The number of anilines is 2. The third-order valence-corrected chi connectivity index (χ3v) is 5.64. The van der Waals surface area contributed by atoms with Crippen molar-refractivity contribution in [1.82, 2.24) is 20.1 Å². The molecule has 4 heterocycles. The quantitative estimate of drug-likeness (QED) is 0.810. The highest BCUT2D eigenvalue weighted by Gasteiger charge is 2.19. The average Bonchev–Trinajstić information content (AvgIpc) is 2.74. The van der Waals surface area contributed by atoms with Gasteiger partial charge in [-0.05, 0) is 50.5 Å². The maximum atomic E-state index is 4.61. The highest BCUT2D eigenvalue weighted by Crippen LogP contribution is 2.19. The molecule has 4 rings (SSSR count). The molecular weight excluding hydrogens is 336 g/mol. The minimum atomic E-state index is 1.01. The van der Waals surface area contributed by atoms with E-state index in [9.17, 15) is 0 Å². The molecule has 0 bridgehead atoms. The molecule has 0 aromatic carbocycles. The summed E-state index contributed by atoms with van der Waals surface area (Å²) < 4.78 is 0. The molecule has 2 saturated heterocycles. The van der Waals surface area contributed by atoms with Crippen LogP contribution in [0.25, 0.3) is 0 Å². The van der Waals surface area contributed by atoms with Crippen molar-refractivity contribution in [2.45, 2.75) is 32.6 Å². The number of hydrogen-bond acceptors (Lipinski definition) is 6. The van der Waals surface area contributed by atoms with Gasteiger partial charge in [0.1, 0.15) is 0 Å². The summed E-state index contributed by atoms with van der Waals surface area (Å²) in [6.45, 7) is 9.52. The second-order valence-corrected chi connectivity index (χ2v) is 7.65. The van der Waals surface area contributed by atoms with Crippen LogP contribution in [0.3, 0.4) is 0 Å². The Bertz CT molecular complexity index is 718. The lowest BCUT2D eigenvalue weighted by atomic mass is 10.1. The zero-order valence-electron chi connectivity index (χ0n) is 16.3. The zero-order valence-corrected chi connectivity index (χ0v) is 16.3. The molecular formula is C21H30N6. The van der Waals surface area contributed by atoms with E-state index in [-0.39, 0.29) is 0 Å². The lowest BCUT2D eigenvalue weighted by molar-refractivity contribution is 0.259. The Morgan fingerprint density at radius 1 is 0.778 bits per heavy atom. The number of aromatic nitrogens is 3. The van der Waals surface area contributed by atoms with Gasteiger partial charge in [-0.1, -0.05) is 6.07 Å². The lowest BCUT2D eigenvalue weighted by Gasteiger charge is -2.35. The SMILES string of the molecule is Cc1cccc(CCN2CCN(c3ccc(N4CCCCC4)nn3)CC2)n1. The number of hydrogen-bond donors (Lipinski definition) is 0. The Labute approximate surface area is 162 Å². The summed E-state index contributed by atoms with van der Waals surface area (Å²) in [5, 5.41) is 9.00. The van der Waals surface area contributed by atoms with E-state index in [1.807, 2.05) is 0 Å². The molecule has 0 radical (unpaired) electrons. The number of rotatable bonds is 5. The topological polar surface area (TPSA) is 48.4 Å². The summed E-state index contributed by atoms with van der Waals surface area (Å²) >= 11 is 0. The van der Waals surface area contributed by atoms with Crippen molar-refractivity contribution in [3.05, 3.63) is 41.7 Å². The van der Waals surface area contributed by atoms with Crippen molar-refractivity contribution in [1.29, 1.82) is 0 Å². The van der Waals surface area contributed by atoms with Crippen molar-refractivity contribution >= 4 is 11.6 Å². The van der Waals surface area contributed by atoms with Crippen LogP contribution in [0.5, 0.6) is 0 Å². The molecule has 0 spiro atoms. The predicted octanol–water partition coefficient (Wildman–Crippen LogP) is 2.54.